The zero-order valence-electron chi connectivity index (χ0n) is 13.2. The number of amides is 1. The molecule has 0 unspecified atom stereocenters. The Kier molecular flexibility index (Phi) is 6.87. The molecule has 2 aromatic carbocycles. The maximum atomic E-state index is 12.9. The van der Waals surface area contributed by atoms with Crippen LogP contribution >= 0.6 is 39.1 Å². The molecule has 0 radical (unpaired) electrons. The molecule has 2 aromatic rings. The number of nitrogens with zero attached hydrogens (tertiary/aromatic N) is 1. The number of carbonyl (C=O) groups is 1. The van der Waals surface area contributed by atoms with Crippen molar-refractivity contribution in [1.29, 1.82) is 0 Å². The molecule has 2 rings (SSSR count). The molecule has 0 bridgehead atoms. The summed E-state index contributed by atoms with van der Waals surface area (Å²) in [6, 6.07) is 11.0. The van der Waals surface area contributed by atoms with E-state index in [0.29, 0.717) is 15.6 Å². The van der Waals surface area contributed by atoms with Crippen LogP contribution in [0.4, 0.5) is 0 Å². The summed E-state index contributed by atoms with van der Waals surface area (Å²) in [5.41, 5.74) is 0.552. The first-order valence-corrected chi connectivity index (χ1v) is 10.1. The Morgan fingerprint density at radius 1 is 1.16 bits per heavy atom. The first-order chi connectivity index (χ1) is 11.7. The highest BCUT2D eigenvalue weighted by Gasteiger charge is 2.27. The molecule has 0 heterocycles. The second kappa shape index (κ2) is 8.51. The highest BCUT2D eigenvalue weighted by molar-refractivity contribution is 9.10. The molecule has 0 aliphatic carbocycles. The Morgan fingerprint density at radius 2 is 1.80 bits per heavy atom. The van der Waals surface area contributed by atoms with Gasteiger partial charge in [-0.3, -0.25) is 4.79 Å². The molecular formula is C16H15BrCl2N2O3S. The van der Waals surface area contributed by atoms with Crippen LogP contribution in [0.15, 0.2) is 51.8 Å². The molecule has 0 aliphatic rings. The predicted octanol–water partition coefficient (Wildman–Crippen LogP) is 3.69. The third-order valence-corrected chi connectivity index (χ3v) is 6.33. The van der Waals surface area contributed by atoms with E-state index in [0.717, 1.165) is 8.78 Å². The van der Waals surface area contributed by atoms with Gasteiger partial charge in [-0.1, -0.05) is 45.2 Å². The Morgan fingerprint density at radius 3 is 2.36 bits per heavy atom. The van der Waals surface area contributed by atoms with Crippen molar-refractivity contribution in [3.05, 3.63) is 62.5 Å². The molecule has 0 saturated carbocycles. The Labute approximate surface area is 165 Å². The lowest BCUT2D eigenvalue weighted by Crippen LogP contribution is -2.39. The van der Waals surface area contributed by atoms with E-state index < -0.39 is 15.9 Å². The number of carbonyl (C=O) groups excluding carboxylic acids is 1. The van der Waals surface area contributed by atoms with Crippen LogP contribution in [0.5, 0.6) is 0 Å². The maximum absolute atomic E-state index is 12.9. The van der Waals surface area contributed by atoms with Crippen LogP contribution in [-0.4, -0.2) is 32.2 Å². The summed E-state index contributed by atoms with van der Waals surface area (Å²) < 4.78 is 27.7. The van der Waals surface area contributed by atoms with E-state index in [1.54, 1.807) is 24.3 Å². The van der Waals surface area contributed by atoms with Crippen molar-refractivity contribution >= 4 is 55.1 Å². The minimum atomic E-state index is -3.89. The fraction of sp³-hybridized carbons (Fsp3) is 0.188. The topological polar surface area (TPSA) is 66.5 Å². The number of hydrogen-bond donors (Lipinski definition) is 1. The molecule has 0 aromatic heterocycles. The van der Waals surface area contributed by atoms with Gasteiger partial charge in [-0.05, 0) is 42.0 Å². The summed E-state index contributed by atoms with van der Waals surface area (Å²) in [4.78, 5) is 11.9. The lowest BCUT2D eigenvalue weighted by molar-refractivity contribution is -0.120. The van der Waals surface area contributed by atoms with Crippen LogP contribution in [0.2, 0.25) is 10.0 Å². The van der Waals surface area contributed by atoms with Gasteiger partial charge in [0, 0.05) is 28.1 Å². The van der Waals surface area contributed by atoms with Gasteiger partial charge in [-0.15, -0.1) is 0 Å². The molecule has 134 valence electrons. The summed E-state index contributed by atoms with van der Waals surface area (Å²) in [6.45, 7) is -0.379. The van der Waals surface area contributed by atoms with Crippen molar-refractivity contribution in [3.63, 3.8) is 0 Å². The van der Waals surface area contributed by atoms with Gasteiger partial charge in [-0.25, -0.2) is 8.42 Å². The van der Waals surface area contributed by atoms with Crippen molar-refractivity contribution in [3.8, 4) is 0 Å². The second-order valence-corrected chi connectivity index (χ2v) is 8.83. The Bertz CT molecular complexity index is 873. The smallest absolute Gasteiger partial charge is 0.243 e. The monoisotopic (exact) mass is 464 g/mol. The molecular weight excluding hydrogens is 451 g/mol. The van der Waals surface area contributed by atoms with E-state index in [4.69, 9.17) is 23.2 Å². The molecule has 0 aliphatic heterocycles. The number of hydrogen-bond acceptors (Lipinski definition) is 3. The molecule has 25 heavy (non-hydrogen) atoms. The normalized spacial score (nSPS) is 11.6. The zero-order chi connectivity index (χ0) is 18.6. The van der Waals surface area contributed by atoms with E-state index in [1.807, 2.05) is 0 Å². The molecule has 5 nitrogen and oxygen atoms in total. The molecule has 0 saturated heterocycles. The quantitative estimate of drug-likeness (QED) is 0.707. The molecule has 0 spiro atoms. The summed E-state index contributed by atoms with van der Waals surface area (Å²) in [6.07, 6.45) is 0. The minimum absolute atomic E-state index is 0.0538. The largest absolute Gasteiger partial charge is 0.358 e. The standard InChI is InChI=1S/C16H15BrCl2N2O3S/c1-20-16(22)10-21(9-11-2-5-13(18)8-15(11)19)25(23,24)14-6-3-12(17)4-7-14/h2-8H,9-10H2,1H3,(H,20,22). The van der Waals surface area contributed by atoms with Crippen molar-refractivity contribution in [1.82, 2.24) is 9.62 Å². The van der Waals surface area contributed by atoms with Crippen LogP contribution < -0.4 is 5.32 Å². The van der Waals surface area contributed by atoms with Gasteiger partial charge in [-0.2, -0.15) is 4.31 Å². The van der Waals surface area contributed by atoms with Crippen molar-refractivity contribution in [2.24, 2.45) is 0 Å². The van der Waals surface area contributed by atoms with E-state index >= 15 is 0 Å². The van der Waals surface area contributed by atoms with Crippen LogP contribution in [-0.2, 0) is 21.4 Å². The van der Waals surface area contributed by atoms with Gasteiger partial charge >= 0.3 is 0 Å². The first-order valence-electron chi connectivity index (χ1n) is 7.14. The average molecular weight is 466 g/mol. The van der Waals surface area contributed by atoms with Gasteiger partial charge in [0.1, 0.15) is 0 Å². The van der Waals surface area contributed by atoms with Crippen molar-refractivity contribution < 1.29 is 13.2 Å². The maximum Gasteiger partial charge on any atom is 0.243 e. The Hall–Kier alpha value is -1.12. The third kappa shape index (κ3) is 5.18. The molecule has 0 fully saturated rings. The van der Waals surface area contributed by atoms with E-state index in [2.05, 4.69) is 21.2 Å². The van der Waals surface area contributed by atoms with E-state index in [9.17, 15) is 13.2 Å². The van der Waals surface area contributed by atoms with Crippen molar-refractivity contribution in [2.75, 3.05) is 13.6 Å². The summed E-state index contributed by atoms with van der Waals surface area (Å²) in [7, 11) is -2.44. The van der Waals surface area contributed by atoms with Gasteiger partial charge in [0.15, 0.2) is 0 Å². The molecule has 0 atom stereocenters. The van der Waals surface area contributed by atoms with Crippen LogP contribution in [0.25, 0.3) is 0 Å². The van der Waals surface area contributed by atoms with Crippen LogP contribution in [0, 0.1) is 0 Å². The number of sulfonamides is 1. The second-order valence-electron chi connectivity index (χ2n) is 5.14. The zero-order valence-corrected chi connectivity index (χ0v) is 17.1. The molecule has 1 N–H and O–H groups in total. The van der Waals surface area contributed by atoms with Crippen molar-refractivity contribution in [2.45, 2.75) is 11.4 Å². The number of rotatable bonds is 6. The first kappa shape index (κ1) is 20.2. The number of benzene rings is 2. The molecule has 1 amide bonds. The Balaban J connectivity index is 2.40. The highest BCUT2D eigenvalue weighted by Crippen LogP contribution is 2.25. The van der Waals surface area contributed by atoms with Crippen LogP contribution in [0.1, 0.15) is 5.56 Å². The van der Waals surface area contributed by atoms with Crippen LogP contribution in [0.3, 0.4) is 0 Å². The van der Waals surface area contributed by atoms with E-state index in [1.165, 1.54) is 25.2 Å². The fourth-order valence-electron chi connectivity index (χ4n) is 2.06. The lowest BCUT2D eigenvalue weighted by Gasteiger charge is -2.22. The predicted molar refractivity (Wildman–Crippen MR) is 102 cm³/mol. The molecule has 9 heteroatoms. The minimum Gasteiger partial charge on any atom is -0.358 e. The summed E-state index contributed by atoms with van der Waals surface area (Å²) in [5, 5.41) is 3.21. The van der Waals surface area contributed by atoms with Gasteiger partial charge in [0.05, 0.1) is 11.4 Å². The van der Waals surface area contributed by atoms with Gasteiger partial charge < -0.3 is 5.32 Å². The summed E-state index contributed by atoms with van der Waals surface area (Å²) >= 11 is 15.3. The number of nitrogens with one attached hydrogen (secondary N) is 1. The fourth-order valence-corrected chi connectivity index (χ4v) is 4.17. The van der Waals surface area contributed by atoms with Gasteiger partial charge in [0.2, 0.25) is 15.9 Å². The van der Waals surface area contributed by atoms with Gasteiger partial charge in [0.25, 0.3) is 0 Å². The SMILES string of the molecule is CNC(=O)CN(Cc1ccc(Cl)cc1Cl)S(=O)(=O)c1ccc(Br)cc1. The third-order valence-electron chi connectivity index (χ3n) is 3.41. The number of likely N-dealkylation sites (N-methyl/N-ethyl adjacent to an activating group) is 1. The average Bonchev–Trinajstić information content (AvgIpc) is 2.56. The lowest BCUT2D eigenvalue weighted by atomic mass is 10.2. The summed E-state index contributed by atoms with van der Waals surface area (Å²) in [5.74, 6) is -0.425. The van der Waals surface area contributed by atoms with E-state index in [-0.39, 0.29) is 18.0 Å². The number of halogens is 3. The highest BCUT2D eigenvalue weighted by atomic mass is 79.9.